The van der Waals surface area contributed by atoms with Crippen molar-refractivity contribution < 1.29 is 155 Å². The van der Waals surface area contributed by atoms with Gasteiger partial charge in [0, 0.05) is 58.6 Å². The largest absolute Gasteiger partial charge is 0.481 e. The Morgan fingerprint density at radius 2 is 0.735 bits per heavy atom. The van der Waals surface area contributed by atoms with Crippen molar-refractivity contribution in [1.29, 1.82) is 0 Å². The van der Waals surface area contributed by atoms with Crippen LogP contribution in [-0.4, -0.2) is 276 Å². The van der Waals surface area contributed by atoms with Gasteiger partial charge in [-0.2, -0.15) is 0 Å². The number of rotatable bonds is 61. The molecule has 0 fully saturated rings. The summed E-state index contributed by atoms with van der Waals surface area (Å²) in [6, 6.07) is -18.2. The topological polar surface area (TPSA) is 695 Å². The highest BCUT2D eigenvalue weighted by atomic mass is 16.6. The fourth-order valence-corrected chi connectivity index (χ4v) is 9.63. The molecule has 0 saturated carbocycles. The van der Waals surface area contributed by atoms with Crippen LogP contribution in [-0.2, 0) is 129 Å². The summed E-state index contributed by atoms with van der Waals surface area (Å²) in [6.07, 6.45) is 1.90. The number of ketones is 4. The van der Waals surface area contributed by atoms with E-state index in [1.54, 1.807) is 0 Å². The average molecular weight is 1620 g/mol. The van der Waals surface area contributed by atoms with Crippen LogP contribution in [0.2, 0.25) is 0 Å². The van der Waals surface area contributed by atoms with Gasteiger partial charge in [-0.05, 0) is 41.0 Å². The van der Waals surface area contributed by atoms with E-state index < -0.39 is 261 Å². The predicted molar refractivity (Wildman–Crippen MR) is 387 cm³/mol. The second-order valence-corrected chi connectivity index (χ2v) is 25.7. The van der Waals surface area contributed by atoms with Crippen LogP contribution in [0.15, 0.2) is 12.2 Å². The van der Waals surface area contributed by atoms with Crippen molar-refractivity contribution in [3.8, 4) is 0 Å². The molecule has 0 heterocycles. The molecule has 44 heteroatoms. The summed E-state index contributed by atoms with van der Waals surface area (Å²) < 4.78 is 25.5. The van der Waals surface area contributed by atoms with E-state index in [0.29, 0.717) is 25.2 Å². The van der Waals surface area contributed by atoms with Gasteiger partial charge in [-0.1, -0.05) is 64.7 Å². The molecule has 0 bridgehead atoms. The third-order valence-corrected chi connectivity index (χ3v) is 15.2. The number of amides is 11. The van der Waals surface area contributed by atoms with Crippen LogP contribution in [0.1, 0.15) is 170 Å². The number of ether oxygens (including phenoxy) is 5. The van der Waals surface area contributed by atoms with Crippen LogP contribution in [0.25, 0.3) is 0 Å². The third kappa shape index (κ3) is 51.8. The number of carboxylic acids is 5. The van der Waals surface area contributed by atoms with Crippen molar-refractivity contribution in [3.63, 3.8) is 0 Å². The highest BCUT2D eigenvalue weighted by Gasteiger charge is 2.38. The summed E-state index contributed by atoms with van der Waals surface area (Å²) in [4.78, 5) is 272. The number of Topliss-reactive ketones (excluding diaryl/α,β-unsaturated/α-hetero) is 4. The number of hydrogen-bond acceptors (Lipinski definition) is 28. The molecule has 19 N–H and O–H groups in total. The second kappa shape index (κ2) is 58.6. The number of carboxylic acid groups (broad SMARTS) is 5. The minimum atomic E-state index is -2.08. The Bertz CT molecular complexity index is 3310. The Hall–Kier alpha value is -11.3. The molecule has 11 unspecified atom stereocenters. The van der Waals surface area contributed by atoms with Gasteiger partial charge in [-0.25, -0.2) is 9.59 Å². The monoisotopic (exact) mass is 1620 g/mol. The molecule has 0 aliphatic heterocycles. The van der Waals surface area contributed by atoms with Gasteiger partial charge in [0.25, 0.3) is 0 Å². The van der Waals surface area contributed by atoms with E-state index in [4.69, 9.17) is 50.5 Å². The summed E-state index contributed by atoms with van der Waals surface area (Å²) in [5, 5.41) is 66.7. The van der Waals surface area contributed by atoms with Crippen LogP contribution < -0.4 is 64.6 Å². The van der Waals surface area contributed by atoms with Gasteiger partial charge in [0.15, 0.2) is 0 Å². The number of carbonyl (C=O) groups is 22. The van der Waals surface area contributed by atoms with E-state index >= 15 is 0 Å². The lowest BCUT2D eigenvalue weighted by Crippen LogP contribution is -2.60. The molecule has 636 valence electrons. The fraction of sp³-hybridized carbons (Fsp3) is 0.652. The maximum absolute atomic E-state index is 13.9. The molecule has 44 nitrogen and oxygen atoms in total. The van der Waals surface area contributed by atoms with E-state index in [1.807, 2.05) is 16.0 Å². The average Bonchev–Trinajstić information content (AvgIpc) is 0.861. The lowest BCUT2D eigenvalue weighted by atomic mass is 10.1. The maximum atomic E-state index is 13.9. The highest BCUT2D eigenvalue weighted by Crippen LogP contribution is 2.13. The van der Waals surface area contributed by atoms with Gasteiger partial charge in [0.1, 0.15) is 83.6 Å². The smallest absolute Gasteiger partial charge is 0.328 e. The molecule has 0 aliphatic rings. The number of hydrogen-bond donors (Lipinski definition) is 17. The van der Waals surface area contributed by atoms with Crippen molar-refractivity contribution in [2.75, 3.05) is 53.8 Å². The second-order valence-electron chi connectivity index (χ2n) is 25.7. The van der Waals surface area contributed by atoms with E-state index in [-0.39, 0.29) is 33.0 Å². The van der Waals surface area contributed by atoms with Crippen molar-refractivity contribution in [2.24, 2.45) is 11.5 Å². The quantitative estimate of drug-likeness (QED) is 0.0154. The van der Waals surface area contributed by atoms with E-state index in [1.165, 1.54) is 34.0 Å². The van der Waals surface area contributed by atoms with Crippen molar-refractivity contribution in [1.82, 2.24) is 53.2 Å². The molecule has 0 rings (SSSR count). The molecule has 0 saturated heterocycles. The van der Waals surface area contributed by atoms with Crippen LogP contribution in [0.3, 0.4) is 0 Å². The highest BCUT2D eigenvalue weighted by molar-refractivity contribution is 6.03. The molecule has 0 aromatic heterocycles. The number of nitrogens with one attached hydrogen (secondary N) is 10. The Morgan fingerprint density at radius 1 is 0.381 bits per heavy atom. The van der Waals surface area contributed by atoms with E-state index in [2.05, 4.69) is 44.1 Å². The Labute approximate surface area is 649 Å². The molecule has 0 spiro atoms. The zero-order valence-corrected chi connectivity index (χ0v) is 64.3. The van der Waals surface area contributed by atoms with Gasteiger partial charge in [-0.3, -0.25) is 95.9 Å². The van der Waals surface area contributed by atoms with Crippen LogP contribution >= 0.6 is 0 Å². The minimum absolute atomic E-state index is 0.00666. The third-order valence-electron chi connectivity index (χ3n) is 15.2. The van der Waals surface area contributed by atoms with Crippen LogP contribution in [0.5, 0.6) is 0 Å². The van der Waals surface area contributed by atoms with E-state index in [0.717, 1.165) is 72.6 Å². The molecule has 0 aromatic carbocycles. The van der Waals surface area contributed by atoms with E-state index in [9.17, 15) is 116 Å². The SMILES string of the molecule is CCCCCCCCCCCCOC(=O)CC(NC(=O)C(CC(C)=O)NC(=O)C(N)CC(=O)OC(C)COCCOC)C(=O)NC(CC(C)=O)C(=O)NC(CC(=O)O)C(=O)NC(CC(=O)O)C(=O)O.COCCNC(=O)CC(NC(=O)/C=C\C(=O)O)C(=O)NC(CC(C)=O)C(=O)NC(CC(C)=O)C(=O)NC(CC(=O)O)C(N)=O. The van der Waals surface area contributed by atoms with Crippen LogP contribution in [0.4, 0.5) is 0 Å². The van der Waals surface area contributed by atoms with Crippen LogP contribution in [0, 0.1) is 0 Å². The van der Waals surface area contributed by atoms with Crippen molar-refractivity contribution >= 4 is 130 Å². The van der Waals surface area contributed by atoms with Gasteiger partial charge >= 0.3 is 41.8 Å². The van der Waals surface area contributed by atoms with Crippen molar-refractivity contribution in [2.45, 2.75) is 236 Å². The lowest BCUT2D eigenvalue weighted by molar-refractivity contribution is -0.153. The molecule has 113 heavy (non-hydrogen) atoms. The molecule has 0 aliphatic carbocycles. The number of carbonyl (C=O) groups excluding carboxylic acids is 17. The summed E-state index contributed by atoms with van der Waals surface area (Å²) >= 11 is 0. The van der Waals surface area contributed by atoms with Gasteiger partial charge < -0.3 is 114 Å². The summed E-state index contributed by atoms with van der Waals surface area (Å²) in [5.41, 5.74) is 11.0. The normalized spacial score (nSPS) is 13.7. The Kier molecular flexibility index (Phi) is 53.8. The first-order valence-electron chi connectivity index (χ1n) is 35.7. The van der Waals surface area contributed by atoms with Crippen molar-refractivity contribution in [3.05, 3.63) is 12.2 Å². The number of primary amides is 1. The molecular formula is C69H108N12O32. The number of aliphatic carboxylic acids is 5. The first-order valence-corrected chi connectivity index (χ1v) is 35.7. The predicted octanol–water partition coefficient (Wildman–Crippen LogP) is -4.79. The zero-order valence-electron chi connectivity index (χ0n) is 64.3. The summed E-state index contributed by atoms with van der Waals surface area (Å²) in [6.45, 7) is 8.47. The van der Waals surface area contributed by atoms with Gasteiger partial charge in [0.2, 0.25) is 65.0 Å². The number of methoxy groups -OCH3 is 2. The minimum Gasteiger partial charge on any atom is -0.481 e. The molecule has 11 amide bonds. The maximum Gasteiger partial charge on any atom is 0.328 e. The number of esters is 2. The molecule has 0 radical (unpaired) electrons. The first-order chi connectivity index (χ1) is 53.0. The Morgan fingerprint density at radius 3 is 1.12 bits per heavy atom. The number of unbranched alkanes of at least 4 members (excludes halogenated alkanes) is 9. The summed E-state index contributed by atoms with van der Waals surface area (Å²) in [7, 11) is 2.84. The molecule has 0 aromatic rings. The first kappa shape index (κ1) is 104. The molecule has 11 atom stereocenters. The van der Waals surface area contributed by atoms with Gasteiger partial charge in [-0.15, -0.1) is 0 Å². The molecular weight excluding hydrogens is 1510 g/mol. The summed E-state index contributed by atoms with van der Waals surface area (Å²) in [5.74, 6) is -25.7. The standard InChI is InChI=1S/C44H72N6O19.C25H36N6O13/c1-6-7-8-9-10-11-12-13-14-15-16-68-37(57)24-33(49-40(60)30(19-26(2)51)46-39(59)29(45)21-38(58)69-28(4)25-67-18-17-66-5)43(63)47-31(20-27(3)52)41(61)48-32(22-35(53)54)42(62)50-34(44(64)65)23-36(55)56;1-12(32)8-15(23(41)29-14(22(26)40)11-21(38)39)30-24(42)16(9-13(2)33)31-25(43)17(10-19(35)27-6-7-44-3)28-18(34)4-5-20(36)37/h28-34H,6-25,45H2,1-5H3,(H,46,59)(H,47,63)(H,48,61)(H,49,60)(H,50,62)(H,53,54)(H,55,56)(H,64,65);4-5,14-17H,6-11H2,1-3H3,(H2,26,40)(H,27,35)(H,28,34)(H,29,41)(H,30,42)(H,31,43)(H,36,37)(H,38,39)/b;5-4-. The zero-order chi connectivity index (χ0) is 86.5. The lowest BCUT2D eigenvalue weighted by Gasteiger charge is -2.26. The fourth-order valence-electron chi connectivity index (χ4n) is 9.63. The van der Waals surface area contributed by atoms with Gasteiger partial charge in [0.05, 0.1) is 77.6 Å². The Balaban J connectivity index is 0. The number of nitrogens with two attached hydrogens (primary N) is 2.